The molecular formula is C9H12Cl2N4. The molecule has 0 saturated carbocycles. The number of hydrazine groups is 1. The zero-order chi connectivity index (χ0) is 11.3. The summed E-state index contributed by atoms with van der Waals surface area (Å²) in [5.74, 6) is 5.72. The first-order valence-corrected chi connectivity index (χ1v) is 5.16. The Labute approximate surface area is 98.4 Å². The maximum atomic E-state index is 5.98. The van der Waals surface area contributed by atoms with Crippen LogP contribution in [0.2, 0.25) is 10.0 Å². The first-order valence-electron chi connectivity index (χ1n) is 4.41. The Balaban J connectivity index is 2.88. The first-order chi connectivity index (χ1) is 7.19. The highest BCUT2D eigenvalue weighted by Crippen LogP contribution is 2.29. The van der Waals surface area contributed by atoms with E-state index in [4.69, 9.17) is 29.0 Å². The molecule has 1 rings (SSSR count). The van der Waals surface area contributed by atoms with Crippen LogP contribution in [-0.2, 0) is 0 Å². The third-order valence-corrected chi connectivity index (χ3v) is 2.48. The smallest absolute Gasteiger partial charge is 0.210 e. The van der Waals surface area contributed by atoms with Crippen molar-refractivity contribution in [3.05, 3.63) is 28.2 Å². The van der Waals surface area contributed by atoms with Gasteiger partial charge in [-0.05, 0) is 19.1 Å². The summed E-state index contributed by atoms with van der Waals surface area (Å²) < 4.78 is 0. The van der Waals surface area contributed by atoms with Gasteiger partial charge in [0.25, 0.3) is 0 Å². The van der Waals surface area contributed by atoms with Crippen molar-refractivity contribution in [3.63, 3.8) is 0 Å². The fourth-order valence-electron chi connectivity index (χ4n) is 1.01. The quantitative estimate of drug-likeness (QED) is 0.325. The van der Waals surface area contributed by atoms with Crippen molar-refractivity contribution in [2.45, 2.75) is 6.92 Å². The number of guanidine groups is 1. The van der Waals surface area contributed by atoms with Gasteiger partial charge in [0.15, 0.2) is 0 Å². The number of hydrogen-bond acceptors (Lipinski definition) is 2. The number of hydrogen-bond donors (Lipinski definition) is 3. The molecule has 0 unspecified atom stereocenters. The van der Waals surface area contributed by atoms with Crippen LogP contribution >= 0.6 is 23.2 Å². The number of halogens is 2. The lowest BCUT2D eigenvalue weighted by Crippen LogP contribution is -2.36. The fraction of sp³-hybridized carbons (Fsp3) is 0.222. The summed E-state index contributed by atoms with van der Waals surface area (Å²) in [5.41, 5.74) is 3.10. The van der Waals surface area contributed by atoms with Crippen LogP contribution in [0.5, 0.6) is 0 Å². The largest absolute Gasteiger partial charge is 0.324 e. The van der Waals surface area contributed by atoms with E-state index in [9.17, 15) is 0 Å². The van der Waals surface area contributed by atoms with E-state index < -0.39 is 0 Å². The third-order valence-electron chi connectivity index (χ3n) is 1.66. The number of benzene rings is 1. The minimum Gasteiger partial charge on any atom is -0.324 e. The van der Waals surface area contributed by atoms with Gasteiger partial charge in [-0.1, -0.05) is 29.3 Å². The number of anilines is 1. The van der Waals surface area contributed by atoms with Crippen molar-refractivity contribution >= 4 is 34.8 Å². The molecule has 1 aromatic carbocycles. The SMILES string of the molecule is CCN=C(NN)Nc1cccc(Cl)c1Cl. The monoisotopic (exact) mass is 246 g/mol. The summed E-state index contributed by atoms with van der Waals surface area (Å²) in [5, 5.41) is 3.86. The van der Waals surface area contributed by atoms with E-state index in [2.05, 4.69) is 15.7 Å². The van der Waals surface area contributed by atoms with Gasteiger partial charge in [0.05, 0.1) is 15.7 Å². The van der Waals surface area contributed by atoms with E-state index in [0.717, 1.165) is 0 Å². The molecule has 15 heavy (non-hydrogen) atoms. The molecule has 4 N–H and O–H groups in total. The predicted molar refractivity (Wildman–Crippen MR) is 65.4 cm³/mol. The molecule has 1 aromatic rings. The molecule has 0 heterocycles. The second-order valence-corrected chi connectivity index (χ2v) is 3.48. The molecule has 82 valence electrons. The molecule has 0 saturated heterocycles. The zero-order valence-electron chi connectivity index (χ0n) is 8.22. The molecular weight excluding hydrogens is 235 g/mol. The Kier molecular flexibility index (Phi) is 4.68. The number of aliphatic imine (C=N–C) groups is 1. The van der Waals surface area contributed by atoms with E-state index in [1.807, 2.05) is 6.92 Å². The van der Waals surface area contributed by atoms with Crippen LogP contribution in [0.1, 0.15) is 6.92 Å². The summed E-state index contributed by atoms with van der Waals surface area (Å²) >= 11 is 11.8. The topological polar surface area (TPSA) is 62.4 Å². The number of nitrogens with zero attached hydrogens (tertiary/aromatic N) is 1. The first kappa shape index (κ1) is 12.1. The zero-order valence-corrected chi connectivity index (χ0v) is 9.73. The van der Waals surface area contributed by atoms with E-state index in [-0.39, 0.29) is 0 Å². The highest BCUT2D eigenvalue weighted by Gasteiger charge is 2.05. The standard InChI is InChI=1S/C9H12Cl2N4/c1-2-13-9(15-12)14-7-5-3-4-6(10)8(7)11/h3-5H,2,12H2,1H3,(H2,13,14,15). The summed E-state index contributed by atoms with van der Waals surface area (Å²) in [7, 11) is 0. The second-order valence-electron chi connectivity index (χ2n) is 2.69. The van der Waals surface area contributed by atoms with Gasteiger partial charge < -0.3 is 5.32 Å². The molecule has 0 bridgehead atoms. The van der Waals surface area contributed by atoms with Crippen LogP contribution in [0.15, 0.2) is 23.2 Å². The van der Waals surface area contributed by atoms with Gasteiger partial charge in [0.1, 0.15) is 0 Å². The highest BCUT2D eigenvalue weighted by molar-refractivity contribution is 6.44. The summed E-state index contributed by atoms with van der Waals surface area (Å²) in [6, 6.07) is 5.29. The van der Waals surface area contributed by atoms with Crippen molar-refractivity contribution in [1.29, 1.82) is 0 Å². The summed E-state index contributed by atoms with van der Waals surface area (Å²) in [6.45, 7) is 2.52. The molecule has 0 aliphatic carbocycles. The van der Waals surface area contributed by atoms with E-state index >= 15 is 0 Å². The third kappa shape index (κ3) is 3.27. The molecule has 0 radical (unpaired) electrons. The molecule has 4 nitrogen and oxygen atoms in total. The Hall–Kier alpha value is -0.970. The normalized spacial score (nSPS) is 11.3. The van der Waals surface area contributed by atoms with Gasteiger partial charge in [0, 0.05) is 6.54 Å². The Morgan fingerprint density at radius 2 is 2.20 bits per heavy atom. The van der Waals surface area contributed by atoms with Crippen LogP contribution in [0.4, 0.5) is 5.69 Å². The average Bonchev–Trinajstić information content (AvgIpc) is 2.24. The second kappa shape index (κ2) is 5.80. The molecule has 0 atom stereocenters. The molecule has 0 aromatic heterocycles. The minimum atomic E-state index is 0.443. The lowest BCUT2D eigenvalue weighted by Gasteiger charge is -2.10. The molecule has 0 aliphatic heterocycles. The maximum Gasteiger partial charge on any atom is 0.210 e. The summed E-state index contributed by atoms with van der Waals surface area (Å²) in [4.78, 5) is 4.08. The van der Waals surface area contributed by atoms with E-state index in [1.54, 1.807) is 18.2 Å². The van der Waals surface area contributed by atoms with Gasteiger partial charge >= 0.3 is 0 Å². The van der Waals surface area contributed by atoms with Crippen molar-refractivity contribution in [2.75, 3.05) is 11.9 Å². The van der Waals surface area contributed by atoms with Gasteiger partial charge in [-0.2, -0.15) is 0 Å². The number of rotatable bonds is 2. The van der Waals surface area contributed by atoms with Crippen LogP contribution < -0.4 is 16.6 Å². The minimum absolute atomic E-state index is 0.443. The Bertz CT molecular complexity index is 365. The Morgan fingerprint density at radius 3 is 2.80 bits per heavy atom. The van der Waals surface area contributed by atoms with E-state index in [1.165, 1.54) is 0 Å². The molecule has 0 amide bonds. The van der Waals surface area contributed by atoms with Crippen molar-refractivity contribution in [2.24, 2.45) is 10.8 Å². The average molecular weight is 247 g/mol. The molecule has 0 spiro atoms. The van der Waals surface area contributed by atoms with Crippen molar-refractivity contribution in [1.82, 2.24) is 5.43 Å². The molecule has 0 aliphatic rings. The van der Waals surface area contributed by atoms with Crippen LogP contribution in [0.25, 0.3) is 0 Å². The predicted octanol–water partition coefficient (Wildman–Crippen LogP) is 2.24. The summed E-state index contributed by atoms with van der Waals surface area (Å²) in [6.07, 6.45) is 0. The molecule has 6 heteroatoms. The number of nitrogens with two attached hydrogens (primary N) is 1. The lowest BCUT2D eigenvalue weighted by atomic mass is 10.3. The number of nitrogens with one attached hydrogen (secondary N) is 2. The lowest BCUT2D eigenvalue weighted by molar-refractivity contribution is 0.986. The van der Waals surface area contributed by atoms with Crippen molar-refractivity contribution in [3.8, 4) is 0 Å². The van der Waals surface area contributed by atoms with Crippen LogP contribution in [0.3, 0.4) is 0 Å². The van der Waals surface area contributed by atoms with Gasteiger partial charge in [-0.3, -0.25) is 10.4 Å². The fourth-order valence-corrected chi connectivity index (χ4v) is 1.36. The van der Waals surface area contributed by atoms with E-state index in [0.29, 0.717) is 28.2 Å². The van der Waals surface area contributed by atoms with Crippen molar-refractivity contribution < 1.29 is 0 Å². The molecule has 0 fully saturated rings. The maximum absolute atomic E-state index is 5.98. The Morgan fingerprint density at radius 1 is 1.47 bits per heavy atom. The van der Waals surface area contributed by atoms with Crippen LogP contribution in [0, 0.1) is 0 Å². The van der Waals surface area contributed by atoms with Gasteiger partial charge in [-0.25, -0.2) is 5.84 Å². The van der Waals surface area contributed by atoms with Gasteiger partial charge in [0.2, 0.25) is 5.96 Å². The van der Waals surface area contributed by atoms with Gasteiger partial charge in [-0.15, -0.1) is 0 Å². The highest BCUT2D eigenvalue weighted by atomic mass is 35.5. The van der Waals surface area contributed by atoms with Crippen LogP contribution in [-0.4, -0.2) is 12.5 Å².